The number of nitrogens with two attached hydrogens (primary N) is 1. The van der Waals surface area contributed by atoms with Crippen LogP contribution in [0.15, 0.2) is 24.3 Å². The minimum absolute atomic E-state index is 0.124. The van der Waals surface area contributed by atoms with E-state index in [-0.39, 0.29) is 6.04 Å². The van der Waals surface area contributed by atoms with E-state index in [4.69, 9.17) is 5.73 Å². The lowest BCUT2D eigenvalue weighted by Gasteiger charge is -2.26. The molecule has 1 heterocycles. The van der Waals surface area contributed by atoms with Gasteiger partial charge in [-0.15, -0.1) is 0 Å². The molecule has 1 aliphatic rings. The van der Waals surface area contributed by atoms with Crippen LogP contribution >= 0.6 is 0 Å². The van der Waals surface area contributed by atoms with Gasteiger partial charge in [-0.05, 0) is 31.4 Å². The average Bonchev–Trinajstić information content (AvgIpc) is 2.57. The standard InChI is InChI=1S/C14H22N2/c1-12(15)13-8-4-5-9-14(13)16-10-6-2-3-7-11-16/h4-5,8-9,12H,2-3,6-7,10-11,15H2,1H3. The molecule has 1 aromatic carbocycles. The summed E-state index contributed by atoms with van der Waals surface area (Å²) < 4.78 is 0. The summed E-state index contributed by atoms with van der Waals surface area (Å²) in [6, 6.07) is 8.69. The quantitative estimate of drug-likeness (QED) is 0.826. The van der Waals surface area contributed by atoms with E-state index in [1.165, 1.54) is 50.0 Å². The summed E-state index contributed by atoms with van der Waals surface area (Å²) >= 11 is 0. The van der Waals surface area contributed by atoms with E-state index in [1.807, 2.05) is 0 Å². The summed E-state index contributed by atoms with van der Waals surface area (Å²) in [4.78, 5) is 2.51. The molecule has 2 heteroatoms. The van der Waals surface area contributed by atoms with E-state index in [9.17, 15) is 0 Å². The zero-order valence-corrected chi connectivity index (χ0v) is 10.2. The number of anilines is 1. The van der Waals surface area contributed by atoms with Crippen molar-refractivity contribution in [1.82, 2.24) is 0 Å². The molecule has 1 unspecified atom stereocenters. The fourth-order valence-corrected chi connectivity index (χ4v) is 2.47. The fourth-order valence-electron chi connectivity index (χ4n) is 2.47. The van der Waals surface area contributed by atoms with E-state index in [0.29, 0.717) is 0 Å². The molecule has 0 amide bonds. The average molecular weight is 218 g/mol. The summed E-state index contributed by atoms with van der Waals surface area (Å²) in [5.74, 6) is 0. The summed E-state index contributed by atoms with van der Waals surface area (Å²) in [6.07, 6.45) is 5.37. The Morgan fingerprint density at radius 1 is 1.06 bits per heavy atom. The van der Waals surface area contributed by atoms with Crippen LogP contribution in [0.3, 0.4) is 0 Å². The predicted molar refractivity (Wildman–Crippen MR) is 69.7 cm³/mol. The molecule has 0 bridgehead atoms. The second-order valence-electron chi connectivity index (χ2n) is 4.75. The van der Waals surface area contributed by atoms with Gasteiger partial charge in [0.2, 0.25) is 0 Å². The summed E-state index contributed by atoms with van der Waals surface area (Å²) in [7, 11) is 0. The van der Waals surface area contributed by atoms with Crippen LogP contribution in [0.25, 0.3) is 0 Å². The molecular weight excluding hydrogens is 196 g/mol. The third-order valence-corrected chi connectivity index (χ3v) is 3.37. The topological polar surface area (TPSA) is 29.3 Å². The third-order valence-electron chi connectivity index (χ3n) is 3.37. The number of nitrogens with zero attached hydrogens (tertiary/aromatic N) is 1. The molecule has 1 aromatic rings. The first-order valence-corrected chi connectivity index (χ1v) is 6.38. The Labute approximate surface area is 98.4 Å². The number of rotatable bonds is 2. The van der Waals surface area contributed by atoms with E-state index < -0.39 is 0 Å². The zero-order valence-electron chi connectivity index (χ0n) is 10.2. The molecule has 0 radical (unpaired) electrons. The van der Waals surface area contributed by atoms with Crippen molar-refractivity contribution < 1.29 is 0 Å². The van der Waals surface area contributed by atoms with Crippen LogP contribution in [-0.2, 0) is 0 Å². The second kappa shape index (κ2) is 5.35. The molecular formula is C14H22N2. The highest BCUT2D eigenvalue weighted by molar-refractivity contribution is 5.54. The van der Waals surface area contributed by atoms with Crippen LogP contribution in [0.2, 0.25) is 0 Å². The van der Waals surface area contributed by atoms with Crippen LogP contribution < -0.4 is 10.6 Å². The van der Waals surface area contributed by atoms with E-state index in [1.54, 1.807) is 0 Å². The van der Waals surface area contributed by atoms with Crippen LogP contribution in [0.1, 0.15) is 44.2 Å². The molecule has 1 aliphatic heterocycles. The van der Waals surface area contributed by atoms with Crippen molar-refractivity contribution in [3.8, 4) is 0 Å². The summed E-state index contributed by atoms with van der Waals surface area (Å²) in [6.45, 7) is 4.43. The first kappa shape index (κ1) is 11.5. The van der Waals surface area contributed by atoms with Crippen molar-refractivity contribution in [3.05, 3.63) is 29.8 Å². The molecule has 1 atom stereocenters. The van der Waals surface area contributed by atoms with Crippen LogP contribution in [0, 0.1) is 0 Å². The van der Waals surface area contributed by atoms with Crippen LogP contribution in [-0.4, -0.2) is 13.1 Å². The van der Waals surface area contributed by atoms with Gasteiger partial charge < -0.3 is 10.6 Å². The number of hydrogen-bond donors (Lipinski definition) is 1. The number of para-hydroxylation sites is 1. The molecule has 0 aliphatic carbocycles. The van der Waals surface area contributed by atoms with Crippen molar-refractivity contribution >= 4 is 5.69 Å². The van der Waals surface area contributed by atoms with Gasteiger partial charge in [0.1, 0.15) is 0 Å². The molecule has 2 N–H and O–H groups in total. The van der Waals surface area contributed by atoms with Gasteiger partial charge in [-0.1, -0.05) is 31.0 Å². The highest BCUT2D eigenvalue weighted by Gasteiger charge is 2.14. The first-order chi connectivity index (χ1) is 7.79. The van der Waals surface area contributed by atoms with Gasteiger partial charge in [0.05, 0.1) is 0 Å². The van der Waals surface area contributed by atoms with E-state index in [0.717, 1.165) is 0 Å². The molecule has 1 fully saturated rings. The van der Waals surface area contributed by atoms with Gasteiger partial charge in [-0.3, -0.25) is 0 Å². The normalized spacial score (nSPS) is 19.2. The maximum absolute atomic E-state index is 6.03. The molecule has 0 spiro atoms. The molecule has 16 heavy (non-hydrogen) atoms. The highest BCUT2D eigenvalue weighted by Crippen LogP contribution is 2.27. The van der Waals surface area contributed by atoms with Gasteiger partial charge in [-0.2, -0.15) is 0 Å². The van der Waals surface area contributed by atoms with Crippen molar-refractivity contribution in [2.45, 2.75) is 38.6 Å². The number of hydrogen-bond acceptors (Lipinski definition) is 2. The molecule has 2 nitrogen and oxygen atoms in total. The maximum Gasteiger partial charge on any atom is 0.0414 e. The van der Waals surface area contributed by atoms with Gasteiger partial charge in [-0.25, -0.2) is 0 Å². The largest absolute Gasteiger partial charge is 0.371 e. The van der Waals surface area contributed by atoms with Gasteiger partial charge in [0.25, 0.3) is 0 Å². The minimum atomic E-state index is 0.124. The van der Waals surface area contributed by atoms with Crippen molar-refractivity contribution in [3.63, 3.8) is 0 Å². The lowest BCUT2D eigenvalue weighted by atomic mass is 10.1. The highest BCUT2D eigenvalue weighted by atomic mass is 15.1. The Morgan fingerprint density at radius 2 is 1.69 bits per heavy atom. The minimum Gasteiger partial charge on any atom is -0.371 e. The Kier molecular flexibility index (Phi) is 3.83. The van der Waals surface area contributed by atoms with Crippen molar-refractivity contribution in [1.29, 1.82) is 0 Å². The number of benzene rings is 1. The predicted octanol–water partition coefficient (Wildman–Crippen LogP) is 3.09. The van der Waals surface area contributed by atoms with Gasteiger partial charge >= 0.3 is 0 Å². The van der Waals surface area contributed by atoms with Crippen molar-refractivity contribution in [2.24, 2.45) is 5.73 Å². The third kappa shape index (κ3) is 2.56. The molecule has 1 saturated heterocycles. The SMILES string of the molecule is CC(N)c1ccccc1N1CCCCCC1. The first-order valence-electron chi connectivity index (χ1n) is 6.38. The Hall–Kier alpha value is -1.02. The molecule has 0 saturated carbocycles. The Balaban J connectivity index is 2.23. The summed E-state index contributed by atoms with van der Waals surface area (Å²) in [5.41, 5.74) is 8.66. The van der Waals surface area contributed by atoms with Crippen LogP contribution in [0.4, 0.5) is 5.69 Å². The zero-order chi connectivity index (χ0) is 11.4. The molecule has 88 valence electrons. The monoisotopic (exact) mass is 218 g/mol. The second-order valence-corrected chi connectivity index (χ2v) is 4.75. The van der Waals surface area contributed by atoms with E-state index in [2.05, 4.69) is 36.1 Å². The lowest BCUT2D eigenvalue weighted by Crippen LogP contribution is -2.26. The smallest absolute Gasteiger partial charge is 0.0414 e. The van der Waals surface area contributed by atoms with Crippen molar-refractivity contribution in [2.75, 3.05) is 18.0 Å². The molecule has 0 aromatic heterocycles. The Morgan fingerprint density at radius 3 is 2.31 bits per heavy atom. The summed E-state index contributed by atoms with van der Waals surface area (Å²) in [5, 5.41) is 0. The maximum atomic E-state index is 6.03. The molecule has 2 rings (SSSR count). The van der Waals surface area contributed by atoms with Gasteiger partial charge in [0, 0.05) is 24.8 Å². The van der Waals surface area contributed by atoms with E-state index >= 15 is 0 Å². The van der Waals surface area contributed by atoms with Gasteiger partial charge in [0.15, 0.2) is 0 Å². The lowest BCUT2D eigenvalue weighted by molar-refractivity contribution is 0.726. The fraction of sp³-hybridized carbons (Fsp3) is 0.571. The van der Waals surface area contributed by atoms with Crippen LogP contribution in [0.5, 0.6) is 0 Å². The Bertz CT molecular complexity index is 325.